The number of Topliss-reactive ketones (excluding diaryl/α,β-unsaturated/α-hetero) is 1. The summed E-state index contributed by atoms with van der Waals surface area (Å²) >= 11 is 1.08. The van der Waals surface area contributed by atoms with Gasteiger partial charge in [0.05, 0.1) is 29.2 Å². The van der Waals surface area contributed by atoms with Crippen molar-refractivity contribution in [3.63, 3.8) is 0 Å². The molecule has 1 atom stereocenters. The van der Waals surface area contributed by atoms with Crippen LogP contribution in [0, 0.1) is 29.6 Å². The second-order valence-electron chi connectivity index (χ2n) is 19.7. The molecule has 78 heavy (non-hydrogen) atoms. The van der Waals surface area contributed by atoms with Gasteiger partial charge in [0.1, 0.15) is 6.26 Å². The number of H-pyrrole nitrogens is 2. The Morgan fingerprint density at radius 2 is 1.27 bits per heavy atom. The van der Waals surface area contributed by atoms with E-state index in [-0.39, 0.29) is 104 Å². The third-order valence-electron chi connectivity index (χ3n) is 10.1. The summed E-state index contributed by atoms with van der Waals surface area (Å²) in [5, 5.41) is 70.6. The first kappa shape index (κ1) is 67.5. The van der Waals surface area contributed by atoms with Crippen LogP contribution < -0.4 is 37.6 Å². The molecule has 0 radical (unpaired) electrons. The van der Waals surface area contributed by atoms with Crippen LogP contribution in [0.2, 0.25) is 0 Å². The fourth-order valence-corrected chi connectivity index (χ4v) is 6.67. The molecule has 0 spiro atoms. The van der Waals surface area contributed by atoms with Crippen LogP contribution in [0.25, 0.3) is 0 Å². The lowest BCUT2D eigenvalue weighted by atomic mass is 9.83. The zero-order valence-electron chi connectivity index (χ0n) is 45.8. The molecule has 29 heteroatoms. The van der Waals surface area contributed by atoms with Crippen LogP contribution in [0.3, 0.4) is 0 Å². The van der Waals surface area contributed by atoms with Crippen molar-refractivity contribution < 1.29 is 63.2 Å². The van der Waals surface area contributed by atoms with Crippen LogP contribution in [0.5, 0.6) is 11.5 Å². The van der Waals surface area contributed by atoms with Crippen LogP contribution in [0.4, 0.5) is 10.7 Å². The molecule has 1 aliphatic carbocycles. The lowest BCUT2D eigenvalue weighted by molar-refractivity contribution is -0.126. The van der Waals surface area contributed by atoms with E-state index < -0.39 is 45.4 Å². The Morgan fingerprint density at radius 3 is 1.63 bits per heavy atom. The molecule has 1 aromatic carbocycles. The maximum atomic E-state index is 11.2. The van der Waals surface area contributed by atoms with Gasteiger partial charge in [-0.2, -0.15) is 10.4 Å². The first-order chi connectivity index (χ1) is 36.0. The van der Waals surface area contributed by atoms with Gasteiger partial charge in [0.2, 0.25) is 34.4 Å². The van der Waals surface area contributed by atoms with Gasteiger partial charge in [-0.1, -0.05) is 126 Å². The number of hydrogen-bond acceptors (Lipinski definition) is 23. The van der Waals surface area contributed by atoms with Gasteiger partial charge in [-0.25, -0.2) is 0 Å². The number of aliphatic hydroxyl groups is 2. The molecular weight excluding hydrogens is 1040 g/mol. The van der Waals surface area contributed by atoms with Gasteiger partial charge < -0.3 is 30.2 Å². The lowest BCUT2D eigenvalue weighted by Gasteiger charge is -2.20. The number of aromatic amines is 2. The summed E-state index contributed by atoms with van der Waals surface area (Å²) in [6.45, 7) is 27.6. The van der Waals surface area contributed by atoms with Gasteiger partial charge >= 0.3 is 0 Å². The minimum Gasteiger partial charge on any atom is -0.504 e. The Labute approximate surface area is 451 Å². The van der Waals surface area contributed by atoms with Crippen molar-refractivity contribution in [1.82, 2.24) is 57.2 Å². The predicted molar refractivity (Wildman–Crippen MR) is 282 cm³/mol. The number of ketones is 2. The summed E-state index contributed by atoms with van der Waals surface area (Å²) < 4.78 is 4.73. The minimum absolute atomic E-state index is 0.0141. The molecule has 7 rings (SSSR count). The fourth-order valence-electron chi connectivity index (χ4n) is 5.84. The Bertz CT molecular complexity index is 2970. The Balaban J connectivity index is 0.000000455. The van der Waals surface area contributed by atoms with E-state index in [0.717, 1.165) is 24.1 Å². The number of hydrogen-bond donors (Lipinski definition) is 10. The highest BCUT2D eigenvalue weighted by Gasteiger charge is 2.34. The first-order valence-electron chi connectivity index (χ1n) is 23.9. The molecule has 0 bridgehead atoms. The molecule has 1 saturated heterocycles. The van der Waals surface area contributed by atoms with Gasteiger partial charge in [-0.05, 0) is 40.4 Å². The zero-order valence-corrected chi connectivity index (χ0v) is 46.7. The number of carbonyl (C=O) groups is 8. The topological polar surface area (TPSA) is 439 Å². The summed E-state index contributed by atoms with van der Waals surface area (Å²) in [6, 6.07) is 0. The number of thioether (sulfide) groups is 1. The van der Waals surface area contributed by atoms with Crippen LogP contribution >= 0.6 is 11.8 Å². The molecule has 10 N–H and O–H groups in total. The molecule has 6 amide bonds. The molecule has 28 nitrogen and oxygen atoms in total. The smallest absolute Gasteiger partial charge is 0.293 e. The third kappa shape index (κ3) is 21.3. The molecule has 2 aliphatic heterocycles. The Hall–Kier alpha value is -8.50. The molecule has 1 unspecified atom stereocenters. The largest absolute Gasteiger partial charge is 0.504 e. The number of imide groups is 2. The molecular formula is C49H68N12O16S. The average molecular weight is 1110 g/mol. The molecule has 3 aromatic heterocycles. The number of nitrogens with zero attached hydrogens (tertiary/aromatic N) is 6. The molecule has 1 fully saturated rings. The summed E-state index contributed by atoms with van der Waals surface area (Å²) in [6.07, 6.45) is 4.61. The molecule has 3 aliphatic rings. The van der Waals surface area contributed by atoms with E-state index in [1.54, 1.807) is 62.3 Å². The number of amides is 6. The highest BCUT2D eigenvalue weighted by atomic mass is 32.2. The summed E-state index contributed by atoms with van der Waals surface area (Å²) in [4.78, 5) is 120. The molecule has 0 saturated carbocycles. The van der Waals surface area contributed by atoms with Crippen molar-refractivity contribution in [1.29, 1.82) is 0 Å². The Morgan fingerprint density at radius 1 is 0.692 bits per heavy atom. The standard InChI is InChI=1S/C9H10O3.2C8H10O3.C7H9NO3.C6H11N5O.C6H9NO2S.C5H9N5O/c1-5(2)7-3-6(10)4-8(11)9(7)12;1-8(2,3)4-5(9)7(11)6(4)10;1-5(2)6-3-11-4-7(9)8(6)10;1-3(2)4-5(9)7(11)8-6(4)10;1-4(2)6(12)7-3-5-8-10-11-9-5;1-3(2)4-5(8)7-6(9)10-4;1-3(2)4(11)6-5-7-9-10-8-5/h3-5,11H,1-2H3;9H,1-3H3;3-5,9H,1-2H3;3H,1-2H3,(H2,8,9,10,11);4H,3H2,1-2H3,(H,7,12)(H,8,9,10,11);3-4H,1-2H3,(H,7,8,9);3H,1-2H3,(H2,6,7,8,9,10,11). The number of carbonyl (C=O) groups excluding carboxylic acids is 8. The molecule has 4 aromatic rings. The van der Waals surface area contributed by atoms with Gasteiger partial charge in [-0.3, -0.25) is 68.7 Å². The van der Waals surface area contributed by atoms with E-state index in [1.807, 2.05) is 46.9 Å². The quantitative estimate of drug-likeness (QED) is 0.0653. The van der Waals surface area contributed by atoms with Gasteiger partial charge in [0.15, 0.2) is 34.6 Å². The highest BCUT2D eigenvalue weighted by Crippen LogP contribution is 2.26. The number of aliphatic hydroxyl groups excluding tert-OH is 2. The first-order valence-corrected chi connectivity index (χ1v) is 24.8. The Kier molecular flexibility index (Phi) is 26.7. The number of aromatic nitrogens is 8. The van der Waals surface area contributed by atoms with Crippen LogP contribution in [-0.2, 0) is 45.5 Å². The van der Waals surface area contributed by atoms with E-state index in [4.69, 9.17) is 24.8 Å². The number of rotatable bonds is 9. The van der Waals surface area contributed by atoms with E-state index in [2.05, 4.69) is 57.2 Å². The monoisotopic (exact) mass is 1110 g/mol. The van der Waals surface area contributed by atoms with Gasteiger partial charge in [-0.15, -0.1) is 15.3 Å². The molecule has 5 heterocycles. The van der Waals surface area contributed by atoms with Crippen LogP contribution in [0.1, 0.15) is 127 Å². The van der Waals surface area contributed by atoms with E-state index in [1.165, 1.54) is 12.3 Å². The van der Waals surface area contributed by atoms with Crippen LogP contribution in [-0.4, -0.2) is 113 Å². The maximum absolute atomic E-state index is 11.2. The second-order valence-corrected chi connectivity index (χ2v) is 20.8. The SMILES string of the molecule is CC(C)(C)c1c(O)c(=O)c1=O.CC(C)C(=O)NCc1nn[nH]n1.CC(C)C(=O)Nc1nn[nH]n1.CC(C)C1=C(O)C(=O)NC1=O.CC(C)C1=CC(=O)C=C(O)C1=O.CC(C)C1SC(=O)NC1=O.CC(C)c1cocc(O)c1=O. The average Bonchev–Trinajstić information content (AvgIpc) is 4.17. The second kappa shape index (κ2) is 30.9. The number of aromatic hydroxyl groups is 2. The van der Waals surface area contributed by atoms with E-state index in [0.29, 0.717) is 23.5 Å². The van der Waals surface area contributed by atoms with Crippen molar-refractivity contribution in [2.24, 2.45) is 29.6 Å². The van der Waals surface area contributed by atoms with E-state index >= 15 is 0 Å². The van der Waals surface area contributed by atoms with Crippen molar-refractivity contribution in [2.75, 3.05) is 5.32 Å². The maximum Gasteiger partial charge on any atom is 0.293 e. The number of anilines is 1. The van der Waals surface area contributed by atoms with Crippen molar-refractivity contribution in [3.05, 3.63) is 95.0 Å². The van der Waals surface area contributed by atoms with Crippen molar-refractivity contribution in [2.45, 2.75) is 127 Å². The summed E-state index contributed by atoms with van der Waals surface area (Å²) in [7, 11) is 0. The van der Waals surface area contributed by atoms with Crippen molar-refractivity contribution in [3.8, 4) is 11.5 Å². The number of nitrogens with one attached hydrogen (secondary N) is 6. The minimum atomic E-state index is -0.755. The lowest BCUT2D eigenvalue weighted by Crippen LogP contribution is -2.40. The highest BCUT2D eigenvalue weighted by molar-refractivity contribution is 8.15. The van der Waals surface area contributed by atoms with Crippen molar-refractivity contribution >= 4 is 64.1 Å². The zero-order chi connectivity index (χ0) is 60.1. The summed E-state index contributed by atoms with van der Waals surface area (Å²) in [5.74, 6) is -3.03. The normalized spacial score (nSPS) is 14.8. The molecule has 426 valence electrons. The van der Waals surface area contributed by atoms with Crippen LogP contribution in [0.15, 0.2) is 66.1 Å². The van der Waals surface area contributed by atoms with E-state index in [9.17, 15) is 52.7 Å². The number of allylic oxidation sites excluding steroid dienone is 3. The fraction of sp³-hybridized carbons (Fsp3) is 0.490. The predicted octanol–water partition coefficient (Wildman–Crippen LogP) is 3.29. The third-order valence-corrected chi connectivity index (χ3v) is 11.4. The van der Waals surface area contributed by atoms with Gasteiger partial charge in [0.25, 0.3) is 28.4 Å². The van der Waals surface area contributed by atoms with Gasteiger partial charge in [0, 0.05) is 29.0 Å². The number of tetrazole rings is 2. The summed E-state index contributed by atoms with van der Waals surface area (Å²) in [5.41, 5.74) is -0.756.